The van der Waals surface area contributed by atoms with Crippen LogP contribution in [-0.2, 0) is 6.61 Å². The first kappa shape index (κ1) is 17.6. The average molecular weight is 380 g/mol. The van der Waals surface area contributed by atoms with Crippen molar-refractivity contribution in [3.63, 3.8) is 0 Å². The third-order valence-corrected chi connectivity index (χ3v) is 4.35. The molecular weight excluding hydrogens is 365 g/mol. The van der Waals surface area contributed by atoms with E-state index in [1.807, 2.05) is 0 Å². The number of benzene rings is 2. The van der Waals surface area contributed by atoms with Crippen LogP contribution in [0.4, 0.5) is 0 Å². The number of hydrogen-bond donors (Lipinski definition) is 1. The van der Waals surface area contributed by atoms with E-state index in [1.54, 1.807) is 50.6 Å². The molecule has 5 nitrogen and oxygen atoms in total. The second kappa shape index (κ2) is 7.35. The Bertz CT molecular complexity index is 908. The predicted octanol–water partition coefficient (Wildman–Crippen LogP) is 4.82. The van der Waals surface area contributed by atoms with E-state index in [2.05, 4.69) is 5.16 Å². The summed E-state index contributed by atoms with van der Waals surface area (Å²) < 4.78 is 16.1. The fourth-order valence-electron chi connectivity index (χ4n) is 2.54. The summed E-state index contributed by atoms with van der Waals surface area (Å²) in [5.74, 6) is 1.57. The van der Waals surface area contributed by atoms with E-state index in [0.717, 1.165) is 0 Å². The lowest BCUT2D eigenvalue weighted by Gasteiger charge is -2.09. The third kappa shape index (κ3) is 3.31. The maximum Gasteiger partial charge on any atom is 0.176 e. The number of halogens is 2. The van der Waals surface area contributed by atoms with Crippen molar-refractivity contribution in [1.29, 1.82) is 0 Å². The van der Waals surface area contributed by atoms with E-state index in [4.69, 9.17) is 37.2 Å². The zero-order chi connectivity index (χ0) is 18.0. The number of aromatic nitrogens is 1. The van der Waals surface area contributed by atoms with Crippen molar-refractivity contribution in [1.82, 2.24) is 5.16 Å². The summed E-state index contributed by atoms with van der Waals surface area (Å²) in [5.41, 5.74) is 2.15. The monoisotopic (exact) mass is 379 g/mol. The Kier molecular flexibility index (Phi) is 5.18. The molecule has 3 rings (SSSR count). The molecule has 0 aliphatic carbocycles. The Hall–Kier alpha value is -2.21. The highest BCUT2D eigenvalue weighted by Crippen LogP contribution is 2.40. The number of methoxy groups -OCH3 is 2. The van der Waals surface area contributed by atoms with Crippen LogP contribution in [0, 0.1) is 0 Å². The standard InChI is InChI=1S/C18H15Cl2NO4/c1-23-11-4-5-12(16(8-11)24-2)18-14(9-22)17(21-25-18)13-7-10(19)3-6-15(13)20/h3-8,22H,9H2,1-2H3. The van der Waals surface area contributed by atoms with Gasteiger partial charge in [-0.25, -0.2) is 0 Å². The molecule has 3 aromatic rings. The normalized spacial score (nSPS) is 10.8. The second-order valence-corrected chi connectivity index (χ2v) is 6.03. The minimum atomic E-state index is -0.286. The van der Waals surface area contributed by atoms with E-state index in [-0.39, 0.29) is 6.61 Å². The van der Waals surface area contributed by atoms with Crippen molar-refractivity contribution in [2.75, 3.05) is 14.2 Å². The van der Waals surface area contributed by atoms with Crippen molar-refractivity contribution >= 4 is 23.2 Å². The van der Waals surface area contributed by atoms with Gasteiger partial charge >= 0.3 is 0 Å². The number of ether oxygens (including phenoxy) is 2. The van der Waals surface area contributed by atoms with Gasteiger partial charge in [0, 0.05) is 16.7 Å². The van der Waals surface area contributed by atoms with Gasteiger partial charge in [-0.1, -0.05) is 28.4 Å². The number of nitrogens with zero attached hydrogens (tertiary/aromatic N) is 1. The predicted molar refractivity (Wildman–Crippen MR) is 96.4 cm³/mol. The van der Waals surface area contributed by atoms with Gasteiger partial charge in [-0.05, 0) is 30.3 Å². The second-order valence-electron chi connectivity index (χ2n) is 5.19. The summed E-state index contributed by atoms with van der Waals surface area (Å²) in [6.07, 6.45) is 0. The number of hydrogen-bond acceptors (Lipinski definition) is 5. The van der Waals surface area contributed by atoms with E-state index < -0.39 is 0 Å². The van der Waals surface area contributed by atoms with Gasteiger partial charge in [0.15, 0.2) is 5.76 Å². The number of aliphatic hydroxyl groups is 1. The van der Waals surface area contributed by atoms with Gasteiger partial charge in [0.2, 0.25) is 0 Å². The molecule has 0 saturated heterocycles. The molecule has 0 aliphatic heterocycles. The largest absolute Gasteiger partial charge is 0.497 e. The molecular formula is C18H15Cl2NO4. The highest BCUT2D eigenvalue weighted by molar-refractivity contribution is 6.35. The van der Waals surface area contributed by atoms with Crippen LogP contribution in [0.5, 0.6) is 11.5 Å². The van der Waals surface area contributed by atoms with E-state index in [9.17, 15) is 5.11 Å². The molecule has 0 radical (unpaired) electrons. The van der Waals surface area contributed by atoms with Crippen LogP contribution in [0.2, 0.25) is 10.0 Å². The van der Waals surface area contributed by atoms with Gasteiger partial charge in [0.25, 0.3) is 0 Å². The zero-order valence-electron chi connectivity index (χ0n) is 13.5. The van der Waals surface area contributed by atoms with Gasteiger partial charge in [-0.2, -0.15) is 0 Å². The van der Waals surface area contributed by atoms with Crippen LogP contribution in [0.25, 0.3) is 22.6 Å². The first-order chi connectivity index (χ1) is 12.1. The molecule has 7 heteroatoms. The van der Waals surface area contributed by atoms with Gasteiger partial charge in [-0.3, -0.25) is 0 Å². The minimum absolute atomic E-state index is 0.286. The summed E-state index contributed by atoms with van der Waals surface area (Å²) in [6, 6.07) is 10.3. The van der Waals surface area contributed by atoms with Gasteiger partial charge in [0.05, 0.1) is 37.0 Å². The molecule has 0 aliphatic rings. The number of aliphatic hydroxyl groups excluding tert-OH is 1. The molecule has 1 heterocycles. The van der Waals surface area contributed by atoms with Crippen LogP contribution in [0.3, 0.4) is 0 Å². The lowest BCUT2D eigenvalue weighted by molar-refractivity contribution is 0.281. The third-order valence-electron chi connectivity index (χ3n) is 3.78. The molecule has 130 valence electrons. The van der Waals surface area contributed by atoms with Crippen LogP contribution >= 0.6 is 23.2 Å². The number of rotatable bonds is 5. The fraction of sp³-hybridized carbons (Fsp3) is 0.167. The van der Waals surface area contributed by atoms with Crippen LogP contribution in [-0.4, -0.2) is 24.5 Å². The van der Waals surface area contributed by atoms with Crippen molar-refractivity contribution in [3.8, 4) is 34.1 Å². The molecule has 1 aromatic heterocycles. The molecule has 0 bridgehead atoms. The smallest absolute Gasteiger partial charge is 0.176 e. The van der Waals surface area contributed by atoms with Crippen LogP contribution in [0.1, 0.15) is 5.56 Å². The topological polar surface area (TPSA) is 64.7 Å². The quantitative estimate of drug-likeness (QED) is 0.687. The summed E-state index contributed by atoms with van der Waals surface area (Å²) >= 11 is 12.3. The highest BCUT2D eigenvalue weighted by atomic mass is 35.5. The Morgan fingerprint density at radius 1 is 1.04 bits per heavy atom. The fourth-order valence-corrected chi connectivity index (χ4v) is 2.92. The SMILES string of the molecule is COc1ccc(-c2onc(-c3cc(Cl)ccc3Cl)c2CO)c(OC)c1. The molecule has 25 heavy (non-hydrogen) atoms. The van der Waals surface area contributed by atoms with Crippen molar-refractivity contribution in [2.24, 2.45) is 0 Å². The summed E-state index contributed by atoms with van der Waals surface area (Å²) in [6.45, 7) is -0.286. The van der Waals surface area contributed by atoms with Crippen LogP contribution < -0.4 is 9.47 Å². The average Bonchev–Trinajstić information content (AvgIpc) is 3.06. The molecule has 0 fully saturated rings. The maximum absolute atomic E-state index is 9.89. The lowest BCUT2D eigenvalue weighted by atomic mass is 10.0. The van der Waals surface area contributed by atoms with Gasteiger partial charge in [0.1, 0.15) is 17.2 Å². The highest BCUT2D eigenvalue weighted by Gasteiger charge is 2.23. The first-order valence-corrected chi connectivity index (χ1v) is 8.11. The summed E-state index contributed by atoms with van der Waals surface area (Å²) in [7, 11) is 3.11. The van der Waals surface area contributed by atoms with Gasteiger partial charge < -0.3 is 19.1 Å². The Labute approximate surface area is 154 Å². The molecule has 1 N–H and O–H groups in total. The van der Waals surface area contributed by atoms with Crippen molar-refractivity contribution < 1.29 is 19.1 Å². The Balaban J connectivity index is 2.17. The minimum Gasteiger partial charge on any atom is -0.497 e. The van der Waals surface area contributed by atoms with E-state index in [1.165, 1.54) is 0 Å². The van der Waals surface area contributed by atoms with Crippen LogP contribution in [0.15, 0.2) is 40.9 Å². The Morgan fingerprint density at radius 2 is 1.84 bits per heavy atom. The summed E-state index contributed by atoms with van der Waals surface area (Å²) in [5, 5.41) is 15.0. The molecule has 0 saturated carbocycles. The molecule has 0 spiro atoms. The molecule has 0 amide bonds. The Morgan fingerprint density at radius 3 is 2.52 bits per heavy atom. The summed E-state index contributed by atoms with van der Waals surface area (Å²) in [4.78, 5) is 0. The lowest BCUT2D eigenvalue weighted by Crippen LogP contribution is -1.93. The first-order valence-electron chi connectivity index (χ1n) is 7.36. The van der Waals surface area contributed by atoms with Crippen molar-refractivity contribution in [2.45, 2.75) is 6.61 Å². The van der Waals surface area contributed by atoms with Gasteiger partial charge in [-0.15, -0.1) is 0 Å². The molecule has 0 atom stereocenters. The molecule has 0 unspecified atom stereocenters. The van der Waals surface area contributed by atoms with E-state index >= 15 is 0 Å². The zero-order valence-corrected chi connectivity index (χ0v) is 15.1. The van der Waals surface area contributed by atoms with E-state index in [0.29, 0.717) is 49.7 Å². The molecule has 2 aromatic carbocycles. The van der Waals surface area contributed by atoms with Crippen molar-refractivity contribution in [3.05, 3.63) is 52.0 Å². The maximum atomic E-state index is 9.89.